The molecule has 0 aliphatic rings. The highest BCUT2D eigenvalue weighted by molar-refractivity contribution is 7.92. The number of aromatic nitrogens is 2. The first kappa shape index (κ1) is 19.8. The van der Waals surface area contributed by atoms with Gasteiger partial charge < -0.3 is 0 Å². The van der Waals surface area contributed by atoms with Crippen LogP contribution in [0.15, 0.2) is 90.0 Å². The molecule has 0 radical (unpaired) electrons. The summed E-state index contributed by atoms with van der Waals surface area (Å²) >= 11 is 0. The Morgan fingerprint density at radius 2 is 1.63 bits per heavy atom. The zero-order valence-corrected chi connectivity index (χ0v) is 17.1. The van der Waals surface area contributed by atoms with Crippen molar-refractivity contribution >= 4 is 15.7 Å². The minimum atomic E-state index is -3.99. The zero-order chi connectivity index (χ0) is 21.1. The van der Waals surface area contributed by atoms with Gasteiger partial charge in [-0.25, -0.2) is 12.8 Å². The molecule has 0 aliphatic carbocycles. The molecule has 1 N–H and O–H groups in total. The fourth-order valence-electron chi connectivity index (χ4n) is 3.11. The van der Waals surface area contributed by atoms with Gasteiger partial charge >= 0.3 is 0 Å². The van der Waals surface area contributed by atoms with Crippen molar-refractivity contribution in [2.75, 3.05) is 4.72 Å². The summed E-state index contributed by atoms with van der Waals surface area (Å²) in [4.78, 5) is 0.0330. The lowest BCUT2D eigenvalue weighted by Crippen LogP contribution is -2.13. The van der Waals surface area contributed by atoms with Gasteiger partial charge in [-0.1, -0.05) is 66.7 Å². The van der Waals surface area contributed by atoms with Gasteiger partial charge in [-0.15, -0.1) is 0 Å². The number of aryl methyl sites for hydroxylation is 1. The summed E-state index contributed by atoms with van der Waals surface area (Å²) in [6, 6.07) is 23.0. The fourth-order valence-corrected chi connectivity index (χ4v) is 4.33. The molecule has 152 valence electrons. The molecule has 0 amide bonds. The zero-order valence-electron chi connectivity index (χ0n) is 16.3. The van der Waals surface area contributed by atoms with E-state index in [4.69, 9.17) is 0 Å². The van der Waals surface area contributed by atoms with E-state index in [0.29, 0.717) is 23.4 Å². The third-order valence-corrected chi connectivity index (χ3v) is 6.06. The molecule has 5 nitrogen and oxygen atoms in total. The van der Waals surface area contributed by atoms with E-state index in [-0.39, 0.29) is 10.6 Å². The van der Waals surface area contributed by atoms with Crippen LogP contribution in [0.4, 0.5) is 10.1 Å². The molecule has 0 fully saturated rings. The standard InChI is InChI=1S/C23H20FN3O2S/c1-17-12-13-20(14-21(17)24)26-30(28,29)22-16-27(15-18-8-4-2-5-9-18)25-23(22)19-10-6-3-7-11-19/h2-14,16,26H,15H2,1H3. The minimum Gasteiger partial charge on any atom is -0.279 e. The van der Waals surface area contributed by atoms with E-state index in [1.165, 1.54) is 24.4 Å². The molecule has 0 spiro atoms. The second-order valence-electron chi connectivity index (χ2n) is 6.96. The summed E-state index contributed by atoms with van der Waals surface area (Å²) in [6.07, 6.45) is 1.50. The number of halogens is 1. The largest absolute Gasteiger partial charge is 0.279 e. The van der Waals surface area contributed by atoms with Crippen LogP contribution in [0, 0.1) is 12.7 Å². The summed E-state index contributed by atoms with van der Waals surface area (Å²) in [5, 5.41) is 4.54. The lowest BCUT2D eigenvalue weighted by molar-refractivity contribution is 0.600. The SMILES string of the molecule is Cc1ccc(NS(=O)(=O)c2cn(Cc3ccccc3)nc2-c2ccccc2)cc1F. The van der Waals surface area contributed by atoms with Gasteiger partial charge in [-0.2, -0.15) is 5.10 Å². The molecule has 7 heteroatoms. The van der Waals surface area contributed by atoms with Crippen molar-refractivity contribution < 1.29 is 12.8 Å². The number of anilines is 1. The van der Waals surface area contributed by atoms with Crippen LogP contribution in [0.25, 0.3) is 11.3 Å². The van der Waals surface area contributed by atoms with Crippen LogP contribution in [0.2, 0.25) is 0 Å². The average molecular weight is 421 g/mol. The van der Waals surface area contributed by atoms with Gasteiger partial charge in [0.25, 0.3) is 10.0 Å². The van der Waals surface area contributed by atoms with Crippen LogP contribution in [0.3, 0.4) is 0 Å². The Morgan fingerprint density at radius 3 is 2.30 bits per heavy atom. The molecular formula is C23H20FN3O2S. The van der Waals surface area contributed by atoms with Crippen LogP contribution >= 0.6 is 0 Å². The fraction of sp³-hybridized carbons (Fsp3) is 0.0870. The van der Waals surface area contributed by atoms with Crippen molar-refractivity contribution in [1.29, 1.82) is 0 Å². The highest BCUT2D eigenvalue weighted by atomic mass is 32.2. The number of nitrogens with zero attached hydrogens (tertiary/aromatic N) is 2. The molecule has 1 aromatic heterocycles. The van der Waals surface area contributed by atoms with Crippen molar-refractivity contribution in [3.63, 3.8) is 0 Å². The van der Waals surface area contributed by atoms with E-state index in [1.54, 1.807) is 23.7 Å². The van der Waals surface area contributed by atoms with Crippen LogP contribution in [-0.4, -0.2) is 18.2 Å². The normalized spacial score (nSPS) is 11.4. The summed E-state index contributed by atoms with van der Waals surface area (Å²) in [6.45, 7) is 2.05. The molecule has 0 aliphatic heterocycles. The number of nitrogens with one attached hydrogen (secondary N) is 1. The Kier molecular flexibility index (Phi) is 5.37. The van der Waals surface area contributed by atoms with Gasteiger partial charge in [-0.3, -0.25) is 9.40 Å². The summed E-state index contributed by atoms with van der Waals surface area (Å²) in [7, 11) is -3.99. The first-order valence-corrected chi connectivity index (χ1v) is 10.9. The van der Waals surface area contributed by atoms with Gasteiger partial charge in [0.1, 0.15) is 16.4 Å². The molecule has 0 unspecified atom stereocenters. The van der Waals surface area contributed by atoms with Gasteiger partial charge in [0.05, 0.1) is 12.2 Å². The maximum absolute atomic E-state index is 13.9. The lowest BCUT2D eigenvalue weighted by Gasteiger charge is -2.09. The van der Waals surface area contributed by atoms with Crippen LogP contribution < -0.4 is 4.72 Å². The molecular weight excluding hydrogens is 401 g/mol. The number of hydrogen-bond acceptors (Lipinski definition) is 3. The third-order valence-electron chi connectivity index (χ3n) is 4.68. The topological polar surface area (TPSA) is 64.0 Å². The maximum Gasteiger partial charge on any atom is 0.265 e. The molecule has 4 aromatic rings. The number of hydrogen-bond donors (Lipinski definition) is 1. The quantitative estimate of drug-likeness (QED) is 0.484. The Bertz CT molecular complexity index is 1270. The molecule has 1 heterocycles. The Labute approximate surface area is 174 Å². The minimum absolute atomic E-state index is 0.0330. The monoisotopic (exact) mass is 421 g/mol. The van der Waals surface area contributed by atoms with E-state index in [2.05, 4.69) is 9.82 Å². The number of benzene rings is 3. The van der Waals surface area contributed by atoms with Crippen molar-refractivity contribution in [2.45, 2.75) is 18.4 Å². The highest BCUT2D eigenvalue weighted by Crippen LogP contribution is 2.28. The second-order valence-corrected chi connectivity index (χ2v) is 8.61. The van der Waals surface area contributed by atoms with E-state index in [0.717, 1.165) is 5.56 Å². The number of sulfonamides is 1. The summed E-state index contributed by atoms with van der Waals surface area (Å²) < 4.78 is 44.3. The van der Waals surface area contributed by atoms with Gasteiger partial charge in [0.2, 0.25) is 0 Å². The van der Waals surface area contributed by atoms with Crippen LogP contribution in [-0.2, 0) is 16.6 Å². The van der Waals surface area contributed by atoms with Crippen LogP contribution in [0.1, 0.15) is 11.1 Å². The molecule has 4 rings (SSSR count). The summed E-state index contributed by atoms with van der Waals surface area (Å²) in [5.41, 5.74) is 2.62. The lowest BCUT2D eigenvalue weighted by atomic mass is 10.2. The van der Waals surface area contributed by atoms with Gasteiger partial charge in [0.15, 0.2) is 0 Å². The van der Waals surface area contributed by atoms with Crippen molar-refractivity contribution in [3.05, 3.63) is 102 Å². The molecule has 30 heavy (non-hydrogen) atoms. The third kappa shape index (κ3) is 4.26. The Morgan fingerprint density at radius 1 is 0.967 bits per heavy atom. The van der Waals surface area contributed by atoms with E-state index < -0.39 is 15.8 Å². The van der Waals surface area contributed by atoms with Crippen molar-refractivity contribution in [2.24, 2.45) is 0 Å². The molecule has 0 atom stereocenters. The highest BCUT2D eigenvalue weighted by Gasteiger charge is 2.24. The van der Waals surface area contributed by atoms with E-state index in [1.807, 2.05) is 48.5 Å². The predicted octanol–water partition coefficient (Wildman–Crippen LogP) is 4.85. The second kappa shape index (κ2) is 8.12. The first-order valence-electron chi connectivity index (χ1n) is 9.38. The molecule has 0 saturated heterocycles. The Balaban J connectivity index is 1.75. The van der Waals surface area contributed by atoms with Crippen molar-refractivity contribution in [3.8, 4) is 11.3 Å². The maximum atomic E-state index is 13.9. The number of rotatable bonds is 6. The average Bonchev–Trinajstić information content (AvgIpc) is 3.17. The van der Waals surface area contributed by atoms with Gasteiger partial charge in [-0.05, 0) is 30.2 Å². The first-order chi connectivity index (χ1) is 14.4. The van der Waals surface area contributed by atoms with E-state index in [9.17, 15) is 12.8 Å². The predicted molar refractivity (Wildman–Crippen MR) is 115 cm³/mol. The molecule has 0 saturated carbocycles. The van der Waals surface area contributed by atoms with Gasteiger partial charge in [0, 0.05) is 11.8 Å². The summed E-state index contributed by atoms with van der Waals surface area (Å²) in [5.74, 6) is -0.474. The molecule has 3 aromatic carbocycles. The van der Waals surface area contributed by atoms with Crippen LogP contribution in [0.5, 0.6) is 0 Å². The smallest absolute Gasteiger partial charge is 0.265 e. The van der Waals surface area contributed by atoms with Crippen molar-refractivity contribution in [1.82, 2.24) is 9.78 Å². The molecule has 0 bridgehead atoms. The van der Waals surface area contributed by atoms with E-state index >= 15 is 0 Å². The Hall–Kier alpha value is -3.45.